The van der Waals surface area contributed by atoms with Gasteiger partial charge in [-0.2, -0.15) is 0 Å². The van der Waals surface area contributed by atoms with Gasteiger partial charge < -0.3 is 20.3 Å². The van der Waals surface area contributed by atoms with E-state index in [0.29, 0.717) is 0 Å². The van der Waals surface area contributed by atoms with E-state index in [4.69, 9.17) is 10.5 Å². The zero-order valence-corrected chi connectivity index (χ0v) is 13.3. The Balaban J connectivity index is 2.28. The number of carbonyl (C=O) groups excluding carboxylic acids is 1. The van der Waals surface area contributed by atoms with Gasteiger partial charge in [0.05, 0.1) is 6.10 Å². The van der Waals surface area contributed by atoms with Crippen LogP contribution >= 0.6 is 0 Å². The van der Waals surface area contributed by atoms with E-state index >= 15 is 0 Å². The molecule has 1 aliphatic rings. The number of Topliss-reactive ketones (excluding diaryl/α,β-unsaturated/α-hetero) is 1. The van der Waals surface area contributed by atoms with E-state index in [9.17, 15) is 4.79 Å². The normalized spacial score (nSPS) is 22.2. The number of nitrogens with two attached hydrogens (primary N) is 1. The first-order valence-corrected chi connectivity index (χ1v) is 7.29. The molecule has 2 atom stereocenters. The molecule has 116 valence electrons. The third kappa shape index (κ3) is 3.36. The molecule has 0 amide bonds. The maximum absolute atomic E-state index is 11.9. The second-order valence-corrected chi connectivity index (χ2v) is 5.82. The van der Waals surface area contributed by atoms with Crippen LogP contribution in [0.2, 0.25) is 0 Å². The van der Waals surface area contributed by atoms with Crippen LogP contribution in [0.1, 0.15) is 23.7 Å². The maximum Gasteiger partial charge on any atom is 0.161 e. The Labute approximate surface area is 126 Å². The average Bonchev–Trinajstić information content (AvgIpc) is 2.47. The minimum Gasteiger partial charge on any atom is -0.378 e. The second-order valence-electron chi connectivity index (χ2n) is 5.82. The predicted octanol–water partition coefficient (Wildman–Crippen LogP) is 1.51. The summed E-state index contributed by atoms with van der Waals surface area (Å²) >= 11 is 0. The van der Waals surface area contributed by atoms with Crippen molar-refractivity contribution in [2.75, 3.05) is 44.1 Å². The van der Waals surface area contributed by atoms with Gasteiger partial charge in [0.25, 0.3) is 0 Å². The Kier molecular flexibility index (Phi) is 4.85. The molecule has 1 fully saturated rings. The molecule has 5 nitrogen and oxygen atoms in total. The third-order valence-corrected chi connectivity index (χ3v) is 4.12. The molecule has 0 aliphatic carbocycles. The number of anilines is 2. The van der Waals surface area contributed by atoms with Gasteiger partial charge in [0.15, 0.2) is 5.78 Å². The third-order valence-electron chi connectivity index (χ3n) is 4.12. The van der Waals surface area contributed by atoms with Gasteiger partial charge in [-0.25, -0.2) is 0 Å². The van der Waals surface area contributed by atoms with Crippen LogP contribution < -0.4 is 15.5 Å². The van der Waals surface area contributed by atoms with Crippen LogP contribution in [0, 0.1) is 0 Å². The van der Waals surface area contributed by atoms with Crippen molar-refractivity contribution in [3.8, 4) is 0 Å². The van der Waals surface area contributed by atoms with E-state index in [-0.39, 0.29) is 17.9 Å². The molecule has 2 unspecified atom stereocenters. The largest absolute Gasteiger partial charge is 0.378 e. The van der Waals surface area contributed by atoms with Crippen molar-refractivity contribution in [3.63, 3.8) is 0 Å². The summed E-state index contributed by atoms with van der Waals surface area (Å²) in [7, 11) is 5.59. The van der Waals surface area contributed by atoms with Crippen molar-refractivity contribution in [1.29, 1.82) is 0 Å². The highest BCUT2D eigenvalue weighted by Crippen LogP contribution is 2.27. The number of ether oxygens (including phenoxy) is 1. The highest BCUT2D eigenvalue weighted by atomic mass is 16.5. The first kappa shape index (κ1) is 15.8. The molecule has 1 heterocycles. The van der Waals surface area contributed by atoms with E-state index in [1.807, 2.05) is 31.1 Å². The predicted molar refractivity (Wildman–Crippen MR) is 86.4 cm³/mol. The van der Waals surface area contributed by atoms with Crippen LogP contribution in [0.3, 0.4) is 0 Å². The topological polar surface area (TPSA) is 58.8 Å². The van der Waals surface area contributed by atoms with E-state index in [1.54, 1.807) is 14.0 Å². The van der Waals surface area contributed by atoms with Crippen molar-refractivity contribution < 1.29 is 9.53 Å². The number of hydrogen-bond acceptors (Lipinski definition) is 5. The lowest BCUT2D eigenvalue weighted by molar-refractivity contribution is 0.0730. The number of rotatable bonds is 4. The minimum absolute atomic E-state index is 0.0352. The number of hydrogen-bond donors (Lipinski definition) is 1. The lowest BCUT2D eigenvalue weighted by Crippen LogP contribution is -2.51. The van der Waals surface area contributed by atoms with Gasteiger partial charge in [-0.05, 0) is 31.5 Å². The van der Waals surface area contributed by atoms with E-state index in [1.165, 1.54) is 0 Å². The summed E-state index contributed by atoms with van der Waals surface area (Å²) in [4.78, 5) is 16.1. The van der Waals surface area contributed by atoms with E-state index < -0.39 is 0 Å². The molecule has 0 bridgehead atoms. The van der Waals surface area contributed by atoms with Gasteiger partial charge in [0, 0.05) is 57.3 Å². The summed E-state index contributed by atoms with van der Waals surface area (Å²) in [5.41, 5.74) is 8.81. The van der Waals surface area contributed by atoms with Crippen LogP contribution in [-0.4, -0.2) is 52.2 Å². The van der Waals surface area contributed by atoms with Crippen LogP contribution in [0.4, 0.5) is 11.4 Å². The fourth-order valence-corrected chi connectivity index (χ4v) is 2.81. The van der Waals surface area contributed by atoms with Crippen molar-refractivity contribution in [3.05, 3.63) is 23.8 Å². The zero-order chi connectivity index (χ0) is 15.6. The van der Waals surface area contributed by atoms with Crippen molar-refractivity contribution in [2.45, 2.75) is 25.5 Å². The molecular weight excluding hydrogens is 266 g/mol. The Morgan fingerprint density at radius 2 is 2.14 bits per heavy atom. The van der Waals surface area contributed by atoms with E-state index in [2.05, 4.69) is 11.0 Å². The van der Waals surface area contributed by atoms with Crippen LogP contribution in [0.25, 0.3) is 0 Å². The summed E-state index contributed by atoms with van der Waals surface area (Å²) in [6.45, 7) is 3.26. The van der Waals surface area contributed by atoms with Gasteiger partial charge in [0.1, 0.15) is 0 Å². The quantitative estimate of drug-likeness (QED) is 0.852. The smallest absolute Gasteiger partial charge is 0.161 e. The van der Waals surface area contributed by atoms with Gasteiger partial charge >= 0.3 is 0 Å². The molecule has 2 N–H and O–H groups in total. The minimum atomic E-state index is 0.0352. The molecular formula is C16H25N3O2. The van der Waals surface area contributed by atoms with Gasteiger partial charge in [-0.1, -0.05) is 0 Å². The fourth-order valence-electron chi connectivity index (χ4n) is 2.81. The molecule has 1 aromatic carbocycles. The summed E-state index contributed by atoms with van der Waals surface area (Å²) < 4.78 is 5.45. The molecule has 0 saturated carbocycles. The SMILES string of the molecule is COC1CN(c2ccc(N(C)C)c(C(C)=O)c2)CCC1N. The summed E-state index contributed by atoms with van der Waals surface area (Å²) in [5.74, 6) is 0.0811. The Morgan fingerprint density at radius 1 is 1.43 bits per heavy atom. The first-order chi connectivity index (χ1) is 9.93. The van der Waals surface area contributed by atoms with Gasteiger partial charge in [0.2, 0.25) is 0 Å². The van der Waals surface area contributed by atoms with Gasteiger partial charge in [-0.15, -0.1) is 0 Å². The molecule has 1 aliphatic heterocycles. The average molecular weight is 291 g/mol. The molecule has 21 heavy (non-hydrogen) atoms. The molecule has 0 spiro atoms. The van der Waals surface area contributed by atoms with Crippen LogP contribution in [0.5, 0.6) is 0 Å². The second kappa shape index (κ2) is 6.45. The monoisotopic (exact) mass is 291 g/mol. The molecule has 5 heteroatoms. The van der Waals surface area contributed by atoms with Crippen LogP contribution in [0.15, 0.2) is 18.2 Å². The Hall–Kier alpha value is -1.59. The fraction of sp³-hybridized carbons (Fsp3) is 0.562. The number of methoxy groups -OCH3 is 1. The highest BCUT2D eigenvalue weighted by molar-refractivity contribution is 6.00. The summed E-state index contributed by atoms with van der Waals surface area (Å²) in [6, 6.07) is 6.12. The van der Waals surface area contributed by atoms with Crippen molar-refractivity contribution in [2.24, 2.45) is 5.73 Å². The number of piperidine rings is 1. The number of carbonyl (C=O) groups is 1. The lowest BCUT2D eigenvalue weighted by Gasteiger charge is -2.37. The Bertz CT molecular complexity index is 516. The number of nitrogens with zero attached hydrogens (tertiary/aromatic N) is 2. The van der Waals surface area contributed by atoms with Crippen LogP contribution in [-0.2, 0) is 4.74 Å². The van der Waals surface area contributed by atoms with Crippen molar-refractivity contribution >= 4 is 17.2 Å². The molecule has 2 rings (SSSR count). The molecule has 1 saturated heterocycles. The Morgan fingerprint density at radius 3 is 2.71 bits per heavy atom. The lowest BCUT2D eigenvalue weighted by atomic mass is 10.0. The number of benzene rings is 1. The molecule has 1 aromatic rings. The highest BCUT2D eigenvalue weighted by Gasteiger charge is 2.27. The van der Waals surface area contributed by atoms with Gasteiger partial charge in [-0.3, -0.25) is 4.79 Å². The summed E-state index contributed by atoms with van der Waals surface area (Å²) in [5, 5.41) is 0. The van der Waals surface area contributed by atoms with E-state index in [0.717, 1.165) is 36.4 Å². The maximum atomic E-state index is 11.9. The summed E-state index contributed by atoms with van der Waals surface area (Å²) in [6.07, 6.45) is 0.927. The first-order valence-electron chi connectivity index (χ1n) is 7.29. The number of ketones is 1. The van der Waals surface area contributed by atoms with Crippen molar-refractivity contribution in [1.82, 2.24) is 0 Å². The standard InChI is InChI=1S/C16H25N3O2/c1-11(20)13-9-12(5-6-15(13)18(2)3)19-8-7-14(17)16(10-19)21-4/h5-6,9,14,16H,7-8,10,17H2,1-4H3. The molecule has 0 aromatic heterocycles. The molecule has 0 radical (unpaired) electrons. The zero-order valence-electron chi connectivity index (χ0n) is 13.3.